The average Bonchev–Trinajstić information content (AvgIpc) is 3.72. The van der Waals surface area contributed by atoms with E-state index in [1.54, 1.807) is 11.3 Å². The SMILES string of the molecule is c1ccc(-c2ccc3c(c2)sc2c(-c4ccc5c(c4)oc4ccccc45)nc(-c4cccc(-c5ccc6ccccc6c5)c4)nc23)cc1. The fourth-order valence-corrected chi connectivity index (χ4v) is 8.05. The first-order chi connectivity index (χ1) is 23.7. The van der Waals surface area contributed by atoms with Crippen LogP contribution in [0.1, 0.15) is 0 Å². The van der Waals surface area contributed by atoms with Crippen LogP contribution in [-0.2, 0) is 0 Å². The lowest BCUT2D eigenvalue weighted by molar-refractivity contribution is 0.669. The number of benzene rings is 7. The Balaban J connectivity index is 1.19. The maximum absolute atomic E-state index is 6.32. The normalized spacial score (nSPS) is 11.8. The third-order valence-corrected chi connectivity index (χ3v) is 10.4. The molecule has 224 valence electrons. The zero-order valence-corrected chi connectivity index (χ0v) is 26.5. The molecular weight excluding hydrogens is 605 g/mol. The molecule has 48 heavy (non-hydrogen) atoms. The van der Waals surface area contributed by atoms with Gasteiger partial charge in [-0.2, -0.15) is 0 Å². The summed E-state index contributed by atoms with van der Waals surface area (Å²) in [5, 5.41) is 5.81. The summed E-state index contributed by atoms with van der Waals surface area (Å²) in [6.07, 6.45) is 0. The molecule has 4 heteroatoms. The molecule has 3 heterocycles. The van der Waals surface area contributed by atoms with Gasteiger partial charge in [0.05, 0.1) is 15.9 Å². The van der Waals surface area contributed by atoms with Crippen molar-refractivity contribution in [3.63, 3.8) is 0 Å². The number of hydrogen-bond donors (Lipinski definition) is 0. The van der Waals surface area contributed by atoms with Gasteiger partial charge in [-0.1, -0.05) is 121 Å². The molecule has 3 nitrogen and oxygen atoms in total. The van der Waals surface area contributed by atoms with Crippen LogP contribution in [0.3, 0.4) is 0 Å². The number of thiophene rings is 1. The number of para-hydroxylation sites is 1. The van der Waals surface area contributed by atoms with E-state index < -0.39 is 0 Å². The van der Waals surface area contributed by atoms with Crippen molar-refractivity contribution >= 4 is 64.4 Å². The molecule has 0 aliphatic rings. The van der Waals surface area contributed by atoms with Crippen LogP contribution in [0.15, 0.2) is 162 Å². The quantitative estimate of drug-likeness (QED) is 0.194. The molecule has 0 amide bonds. The molecule has 0 atom stereocenters. The average molecular weight is 631 g/mol. The van der Waals surface area contributed by atoms with Crippen LogP contribution in [0.4, 0.5) is 0 Å². The first-order valence-corrected chi connectivity index (χ1v) is 16.9. The third kappa shape index (κ3) is 4.42. The lowest BCUT2D eigenvalue weighted by Gasteiger charge is -2.09. The smallest absolute Gasteiger partial charge is 0.160 e. The van der Waals surface area contributed by atoms with Gasteiger partial charge >= 0.3 is 0 Å². The van der Waals surface area contributed by atoms with Crippen molar-refractivity contribution in [1.29, 1.82) is 0 Å². The van der Waals surface area contributed by atoms with Gasteiger partial charge in [0.1, 0.15) is 11.2 Å². The molecule has 0 spiro atoms. The van der Waals surface area contributed by atoms with Crippen LogP contribution in [-0.4, -0.2) is 9.97 Å². The van der Waals surface area contributed by atoms with Gasteiger partial charge in [-0.15, -0.1) is 11.3 Å². The Hall–Kier alpha value is -6.10. The molecular formula is C44H26N2OS. The maximum Gasteiger partial charge on any atom is 0.160 e. The maximum atomic E-state index is 6.32. The standard InChI is InChI=1S/C44H26N2OS/c1-2-9-27(10-3-1)32-19-22-37-40(26-32)48-43-41(33-20-21-36-35-15-6-7-16-38(35)47-39(36)25-33)45-44(46-42(37)43)34-14-8-13-30(24-34)31-18-17-28-11-4-5-12-29(28)23-31/h1-26H. The molecule has 0 N–H and O–H groups in total. The number of nitrogens with zero attached hydrogens (tertiary/aromatic N) is 2. The summed E-state index contributed by atoms with van der Waals surface area (Å²) in [5.74, 6) is 0.705. The largest absolute Gasteiger partial charge is 0.456 e. The molecule has 0 fully saturated rings. The van der Waals surface area contributed by atoms with Crippen LogP contribution < -0.4 is 0 Å². The van der Waals surface area contributed by atoms with Crippen LogP contribution in [0.25, 0.3) is 97.9 Å². The van der Waals surface area contributed by atoms with Crippen LogP contribution in [0.5, 0.6) is 0 Å². The van der Waals surface area contributed by atoms with Crippen LogP contribution in [0, 0.1) is 0 Å². The first kappa shape index (κ1) is 27.1. The summed E-state index contributed by atoms with van der Waals surface area (Å²) in [6, 6.07) is 55.6. The van der Waals surface area contributed by atoms with Crippen molar-refractivity contribution < 1.29 is 4.42 Å². The molecule has 10 aromatic rings. The highest BCUT2D eigenvalue weighted by atomic mass is 32.1. The van der Waals surface area contributed by atoms with Gasteiger partial charge < -0.3 is 4.42 Å². The second-order valence-corrected chi connectivity index (χ2v) is 13.3. The molecule has 0 saturated carbocycles. The summed E-state index contributed by atoms with van der Waals surface area (Å²) in [7, 11) is 0. The third-order valence-electron chi connectivity index (χ3n) is 9.28. The first-order valence-electron chi connectivity index (χ1n) is 16.1. The van der Waals surface area contributed by atoms with Crippen molar-refractivity contribution in [3.05, 3.63) is 158 Å². The Morgan fingerprint density at radius 3 is 2.04 bits per heavy atom. The Labute approximate surface area is 280 Å². The van der Waals surface area contributed by atoms with Crippen molar-refractivity contribution in [2.24, 2.45) is 0 Å². The number of fused-ring (bicyclic) bond motifs is 7. The second-order valence-electron chi connectivity index (χ2n) is 12.2. The Morgan fingerprint density at radius 2 is 1.10 bits per heavy atom. The molecule has 0 radical (unpaired) electrons. The topological polar surface area (TPSA) is 38.9 Å². The van der Waals surface area contributed by atoms with Gasteiger partial charge in [-0.25, -0.2) is 9.97 Å². The minimum absolute atomic E-state index is 0.705. The fraction of sp³-hybridized carbons (Fsp3) is 0. The van der Waals surface area contributed by atoms with Gasteiger partial charge in [0.15, 0.2) is 5.82 Å². The second kappa shape index (κ2) is 10.7. The molecule has 3 aromatic heterocycles. The number of hydrogen-bond acceptors (Lipinski definition) is 4. The lowest BCUT2D eigenvalue weighted by Crippen LogP contribution is -1.94. The molecule has 0 aliphatic heterocycles. The van der Waals surface area contributed by atoms with Gasteiger partial charge in [0.25, 0.3) is 0 Å². The van der Waals surface area contributed by atoms with E-state index in [0.717, 1.165) is 59.9 Å². The van der Waals surface area contributed by atoms with Crippen molar-refractivity contribution in [1.82, 2.24) is 9.97 Å². The monoisotopic (exact) mass is 630 g/mol. The summed E-state index contributed by atoms with van der Waals surface area (Å²) >= 11 is 1.75. The highest BCUT2D eigenvalue weighted by Gasteiger charge is 2.19. The van der Waals surface area contributed by atoms with E-state index in [9.17, 15) is 0 Å². The minimum atomic E-state index is 0.705. The van der Waals surface area contributed by atoms with Gasteiger partial charge in [0.2, 0.25) is 0 Å². The van der Waals surface area contributed by atoms with E-state index >= 15 is 0 Å². The Morgan fingerprint density at radius 1 is 0.417 bits per heavy atom. The van der Waals surface area contributed by atoms with Gasteiger partial charge in [-0.05, 0) is 69.4 Å². The lowest BCUT2D eigenvalue weighted by atomic mass is 9.99. The molecule has 0 saturated heterocycles. The van der Waals surface area contributed by atoms with E-state index in [4.69, 9.17) is 14.4 Å². The summed E-state index contributed by atoms with van der Waals surface area (Å²) in [6.45, 7) is 0. The molecule has 0 unspecified atom stereocenters. The van der Waals surface area contributed by atoms with Crippen molar-refractivity contribution in [2.75, 3.05) is 0 Å². The van der Waals surface area contributed by atoms with E-state index in [-0.39, 0.29) is 0 Å². The number of furan rings is 1. The van der Waals surface area contributed by atoms with Crippen LogP contribution in [0.2, 0.25) is 0 Å². The fourth-order valence-electron chi connectivity index (χ4n) is 6.86. The number of rotatable bonds is 4. The summed E-state index contributed by atoms with van der Waals surface area (Å²) in [4.78, 5) is 10.6. The highest BCUT2D eigenvalue weighted by Crippen LogP contribution is 2.42. The zero-order chi connectivity index (χ0) is 31.6. The molecule has 0 bridgehead atoms. The van der Waals surface area contributed by atoms with E-state index in [0.29, 0.717) is 5.82 Å². The summed E-state index contributed by atoms with van der Waals surface area (Å²) < 4.78 is 8.58. The highest BCUT2D eigenvalue weighted by molar-refractivity contribution is 7.26. The molecule has 7 aromatic carbocycles. The number of aromatic nitrogens is 2. The predicted molar refractivity (Wildman–Crippen MR) is 201 cm³/mol. The van der Waals surface area contributed by atoms with Crippen molar-refractivity contribution in [2.45, 2.75) is 0 Å². The minimum Gasteiger partial charge on any atom is -0.456 e. The molecule has 0 aliphatic carbocycles. The Kier molecular flexibility index (Phi) is 6.05. The Bertz CT molecular complexity index is 2850. The van der Waals surface area contributed by atoms with E-state index in [2.05, 4.69) is 146 Å². The zero-order valence-electron chi connectivity index (χ0n) is 25.7. The van der Waals surface area contributed by atoms with Gasteiger partial charge in [-0.3, -0.25) is 0 Å². The van der Waals surface area contributed by atoms with Crippen LogP contribution >= 0.6 is 11.3 Å². The molecule has 10 rings (SSSR count). The van der Waals surface area contributed by atoms with Crippen molar-refractivity contribution in [3.8, 4) is 44.9 Å². The van der Waals surface area contributed by atoms with Gasteiger partial charge in [0, 0.05) is 32.0 Å². The van der Waals surface area contributed by atoms with E-state index in [1.807, 2.05) is 12.1 Å². The summed E-state index contributed by atoms with van der Waals surface area (Å²) in [5.41, 5.74) is 10.3. The predicted octanol–water partition coefficient (Wildman–Crippen LogP) is 12.6. The van der Waals surface area contributed by atoms with E-state index in [1.165, 1.54) is 32.2 Å².